The van der Waals surface area contributed by atoms with Crippen LogP contribution in [-0.2, 0) is 11.3 Å². The molecule has 1 saturated heterocycles. The first-order valence-electron chi connectivity index (χ1n) is 6.58. The fourth-order valence-electron chi connectivity index (χ4n) is 2.41. The Morgan fingerprint density at radius 3 is 3.11 bits per heavy atom. The van der Waals surface area contributed by atoms with Crippen molar-refractivity contribution in [3.8, 4) is 0 Å². The number of hydrazine groups is 1. The van der Waals surface area contributed by atoms with Crippen LogP contribution in [0.4, 0.5) is 0 Å². The van der Waals surface area contributed by atoms with E-state index in [1.54, 1.807) is 6.07 Å². The molecule has 1 fully saturated rings. The molecule has 0 spiro atoms. The van der Waals surface area contributed by atoms with Crippen LogP contribution in [0.5, 0.6) is 0 Å². The van der Waals surface area contributed by atoms with Crippen molar-refractivity contribution in [3.05, 3.63) is 23.7 Å². The van der Waals surface area contributed by atoms with E-state index < -0.39 is 0 Å². The zero-order valence-corrected chi connectivity index (χ0v) is 11.4. The highest BCUT2D eigenvalue weighted by Crippen LogP contribution is 2.20. The highest BCUT2D eigenvalue weighted by Gasteiger charge is 2.27. The fourth-order valence-corrected chi connectivity index (χ4v) is 2.41. The number of nitrogens with one attached hydrogen (secondary N) is 1. The molecule has 1 aliphatic rings. The minimum Gasteiger partial charge on any atom is -0.467 e. The second-order valence-corrected chi connectivity index (χ2v) is 4.87. The quantitative estimate of drug-likeness (QED) is 0.481. The van der Waals surface area contributed by atoms with Gasteiger partial charge in [0.1, 0.15) is 5.76 Å². The Morgan fingerprint density at radius 1 is 1.63 bits per heavy atom. The van der Waals surface area contributed by atoms with Gasteiger partial charge in [-0.05, 0) is 19.4 Å². The predicted octanol–water partition coefficient (Wildman–Crippen LogP) is 0.882. The highest BCUT2D eigenvalue weighted by molar-refractivity contribution is 5.94. The van der Waals surface area contributed by atoms with Crippen LogP contribution in [0.1, 0.15) is 36.4 Å². The standard InChI is InChI=1S/C13H21N3O3/c1-3-10-8-19-9(2)6-16(10)7-12-11(4-5-18-12)13(17)15-14/h4-5,9-10H,3,6-8,14H2,1-2H3,(H,15,17). The molecule has 0 aliphatic carbocycles. The number of hydrogen-bond donors (Lipinski definition) is 2. The molecule has 3 N–H and O–H groups in total. The van der Waals surface area contributed by atoms with E-state index in [0.29, 0.717) is 23.9 Å². The first-order valence-corrected chi connectivity index (χ1v) is 6.58. The molecule has 0 bridgehead atoms. The van der Waals surface area contributed by atoms with E-state index in [2.05, 4.69) is 24.2 Å². The van der Waals surface area contributed by atoms with Crippen LogP contribution in [0.15, 0.2) is 16.7 Å². The van der Waals surface area contributed by atoms with Gasteiger partial charge in [0.15, 0.2) is 0 Å². The summed E-state index contributed by atoms with van der Waals surface area (Å²) in [5, 5.41) is 0. The maximum atomic E-state index is 11.6. The lowest BCUT2D eigenvalue weighted by Crippen LogP contribution is -2.48. The number of amides is 1. The van der Waals surface area contributed by atoms with Crippen molar-refractivity contribution >= 4 is 5.91 Å². The molecule has 1 aromatic rings. The summed E-state index contributed by atoms with van der Waals surface area (Å²) in [5.74, 6) is 5.49. The van der Waals surface area contributed by atoms with Gasteiger partial charge >= 0.3 is 0 Å². The molecule has 106 valence electrons. The lowest BCUT2D eigenvalue weighted by Gasteiger charge is -2.37. The molecule has 2 atom stereocenters. The lowest BCUT2D eigenvalue weighted by molar-refractivity contribution is -0.0611. The molecular formula is C13H21N3O3. The molecule has 1 amide bonds. The van der Waals surface area contributed by atoms with Gasteiger partial charge < -0.3 is 9.15 Å². The van der Waals surface area contributed by atoms with Crippen LogP contribution < -0.4 is 11.3 Å². The zero-order chi connectivity index (χ0) is 13.8. The van der Waals surface area contributed by atoms with Crippen LogP contribution in [0, 0.1) is 0 Å². The van der Waals surface area contributed by atoms with E-state index in [4.69, 9.17) is 15.0 Å². The number of ether oxygens (including phenoxy) is 1. The number of rotatable bonds is 4. The van der Waals surface area contributed by atoms with Gasteiger partial charge in [0.2, 0.25) is 0 Å². The van der Waals surface area contributed by atoms with Crippen molar-refractivity contribution < 1.29 is 13.9 Å². The van der Waals surface area contributed by atoms with E-state index in [-0.39, 0.29) is 12.0 Å². The van der Waals surface area contributed by atoms with E-state index in [1.165, 1.54) is 6.26 Å². The van der Waals surface area contributed by atoms with Gasteiger partial charge in [-0.25, -0.2) is 5.84 Å². The van der Waals surface area contributed by atoms with Crippen molar-refractivity contribution in [2.45, 2.75) is 39.0 Å². The summed E-state index contributed by atoms with van der Waals surface area (Å²) in [4.78, 5) is 13.9. The largest absolute Gasteiger partial charge is 0.467 e. The monoisotopic (exact) mass is 267 g/mol. The van der Waals surface area contributed by atoms with Gasteiger partial charge in [-0.15, -0.1) is 0 Å². The summed E-state index contributed by atoms with van der Waals surface area (Å²) >= 11 is 0. The molecule has 2 rings (SSSR count). The molecule has 6 nitrogen and oxygen atoms in total. The third-order valence-corrected chi connectivity index (χ3v) is 3.52. The summed E-state index contributed by atoms with van der Waals surface area (Å²) in [5.41, 5.74) is 2.63. The number of nitrogen functional groups attached to an aromatic ring is 1. The van der Waals surface area contributed by atoms with Crippen LogP contribution >= 0.6 is 0 Å². The van der Waals surface area contributed by atoms with Gasteiger partial charge in [0.25, 0.3) is 5.91 Å². The molecular weight excluding hydrogens is 246 g/mol. The molecule has 0 aromatic carbocycles. The molecule has 0 saturated carbocycles. The van der Waals surface area contributed by atoms with Crippen molar-refractivity contribution in [2.75, 3.05) is 13.2 Å². The molecule has 2 heterocycles. The predicted molar refractivity (Wildman–Crippen MR) is 70.3 cm³/mol. The van der Waals surface area contributed by atoms with Gasteiger partial charge in [-0.2, -0.15) is 0 Å². The Hall–Kier alpha value is -1.37. The third kappa shape index (κ3) is 3.15. The van der Waals surface area contributed by atoms with Crippen molar-refractivity contribution in [3.63, 3.8) is 0 Å². The minimum atomic E-state index is -0.321. The van der Waals surface area contributed by atoms with Gasteiger partial charge in [0, 0.05) is 12.6 Å². The van der Waals surface area contributed by atoms with Gasteiger partial charge in [-0.1, -0.05) is 6.92 Å². The molecule has 0 radical (unpaired) electrons. The summed E-state index contributed by atoms with van der Waals surface area (Å²) in [6.07, 6.45) is 2.72. The van der Waals surface area contributed by atoms with E-state index in [1.807, 2.05) is 0 Å². The Kier molecular flexibility index (Phi) is 4.57. The first kappa shape index (κ1) is 14.0. The van der Waals surface area contributed by atoms with Crippen LogP contribution in [0.2, 0.25) is 0 Å². The number of furan rings is 1. The summed E-state index contributed by atoms with van der Waals surface area (Å²) in [7, 11) is 0. The number of carbonyl (C=O) groups is 1. The van der Waals surface area contributed by atoms with Crippen molar-refractivity contribution in [1.82, 2.24) is 10.3 Å². The van der Waals surface area contributed by atoms with E-state index >= 15 is 0 Å². The Bertz CT molecular complexity index is 433. The number of carbonyl (C=O) groups excluding carboxylic acids is 1. The number of hydrogen-bond acceptors (Lipinski definition) is 5. The Labute approximate surface area is 112 Å². The minimum absolute atomic E-state index is 0.199. The van der Waals surface area contributed by atoms with E-state index in [0.717, 1.165) is 19.6 Å². The highest BCUT2D eigenvalue weighted by atomic mass is 16.5. The second-order valence-electron chi connectivity index (χ2n) is 4.87. The van der Waals surface area contributed by atoms with E-state index in [9.17, 15) is 4.79 Å². The Balaban J connectivity index is 2.10. The average molecular weight is 267 g/mol. The van der Waals surface area contributed by atoms with Crippen molar-refractivity contribution in [1.29, 1.82) is 0 Å². The average Bonchev–Trinajstić information content (AvgIpc) is 2.86. The van der Waals surface area contributed by atoms with Gasteiger partial charge in [-0.3, -0.25) is 15.1 Å². The molecule has 1 aromatic heterocycles. The van der Waals surface area contributed by atoms with Crippen molar-refractivity contribution in [2.24, 2.45) is 5.84 Å². The topological polar surface area (TPSA) is 80.7 Å². The molecule has 6 heteroatoms. The maximum Gasteiger partial charge on any atom is 0.268 e. The Morgan fingerprint density at radius 2 is 2.42 bits per heavy atom. The zero-order valence-electron chi connectivity index (χ0n) is 11.4. The SMILES string of the molecule is CCC1COC(C)CN1Cc1occc1C(=O)NN. The summed E-state index contributed by atoms with van der Waals surface area (Å²) < 4.78 is 11.1. The number of nitrogens with zero attached hydrogens (tertiary/aromatic N) is 1. The summed E-state index contributed by atoms with van der Waals surface area (Å²) in [6.45, 7) is 6.34. The summed E-state index contributed by atoms with van der Waals surface area (Å²) in [6, 6.07) is 2.00. The van der Waals surface area contributed by atoms with Crippen LogP contribution in [-0.4, -0.2) is 36.1 Å². The lowest BCUT2D eigenvalue weighted by atomic mass is 10.1. The number of morpholine rings is 1. The van der Waals surface area contributed by atoms with Crippen LogP contribution in [0.25, 0.3) is 0 Å². The molecule has 2 unspecified atom stereocenters. The van der Waals surface area contributed by atoms with Gasteiger partial charge in [0.05, 0.1) is 31.1 Å². The van der Waals surface area contributed by atoms with Crippen LogP contribution in [0.3, 0.4) is 0 Å². The molecule has 1 aliphatic heterocycles. The second kappa shape index (κ2) is 6.18. The normalized spacial score (nSPS) is 24.4. The molecule has 19 heavy (non-hydrogen) atoms. The smallest absolute Gasteiger partial charge is 0.268 e. The third-order valence-electron chi connectivity index (χ3n) is 3.52. The number of nitrogens with two attached hydrogens (primary N) is 1. The maximum absolute atomic E-state index is 11.6. The first-order chi connectivity index (χ1) is 9.15. The fraction of sp³-hybridized carbons (Fsp3) is 0.615.